The van der Waals surface area contributed by atoms with Crippen molar-refractivity contribution in [1.82, 2.24) is 15.2 Å². The zero-order valence-corrected chi connectivity index (χ0v) is 15.6. The Labute approximate surface area is 157 Å². The number of hydrogen-bond donors (Lipinski definition) is 1. The molecule has 9 heteroatoms. The summed E-state index contributed by atoms with van der Waals surface area (Å²) in [6, 6.07) is 11.2. The summed E-state index contributed by atoms with van der Waals surface area (Å²) in [6.07, 6.45) is 0. The third-order valence-electron chi connectivity index (χ3n) is 2.93. The number of anilines is 2. The van der Waals surface area contributed by atoms with Gasteiger partial charge in [-0.2, -0.15) is 0 Å². The normalized spacial score (nSPS) is 10.6. The molecule has 0 aliphatic rings. The number of methoxy groups -OCH3 is 1. The van der Waals surface area contributed by atoms with Gasteiger partial charge in [0.2, 0.25) is 5.13 Å². The van der Waals surface area contributed by atoms with Crippen LogP contribution < -0.4 is 10.1 Å². The van der Waals surface area contributed by atoms with E-state index in [1.165, 1.54) is 11.3 Å². The van der Waals surface area contributed by atoms with Crippen molar-refractivity contribution in [2.75, 3.05) is 12.4 Å². The molecule has 0 bridgehead atoms. The molecule has 2 aromatic heterocycles. The summed E-state index contributed by atoms with van der Waals surface area (Å²) in [5.74, 6) is 1.50. The standard InChI is InChI=1S/C15H12Cl2N4OS2/c1-22-11-4-2-10(3-5-11)18-14-20-21-15(24-14)23-8-9-6-12(16)19-13(17)7-9/h2-7H,8H2,1H3,(H,18,20). The number of benzene rings is 1. The molecular formula is C15H12Cl2N4OS2. The summed E-state index contributed by atoms with van der Waals surface area (Å²) in [7, 11) is 1.64. The second-order valence-corrected chi connectivity index (χ2v) is 7.61. The molecule has 0 unspecified atom stereocenters. The first kappa shape index (κ1) is 17.3. The van der Waals surface area contributed by atoms with Crippen LogP contribution in [0.4, 0.5) is 10.8 Å². The van der Waals surface area contributed by atoms with E-state index >= 15 is 0 Å². The number of ether oxygens (including phenoxy) is 1. The van der Waals surface area contributed by atoms with Gasteiger partial charge in [0.1, 0.15) is 16.1 Å². The molecular weight excluding hydrogens is 387 g/mol. The van der Waals surface area contributed by atoms with E-state index in [-0.39, 0.29) is 0 Å². The molecule has 0 radical (unpaired) electrons. The van der Waals surface area contributed by atoms with Gasteiger partial charge in [-0.1, -0.05) is 46.3 Å². The van der Waals surface area contributed by atoms with Crippen molar-refractivity contribution in [2.45, 2.75) is 10.1 Å². The molecule has 1 N–H and O–H groups in total. The zero-order valence-electron chi connectivity index (χ0n) is 12.5. The minimum Gasteiger partial charge on any atom is -0.497 e. The average molecular weight is 399 g/mol. The van der Waals surface area contributed by atoms with E-state index in [9.17, 15) is 0 Å². The van der Waals surface area contributed by atoms with Gasteiger partial charge in [-0.15, -0.1) is 10.2 Å². The van der Waals surface area contributed by atoms with Crippen molar-refractivity contribution in [3.05, 3.63) is 52.3 Å². The monoisotopic (exact) mass is 398 g/mol. The van der Waals surface area contributed by atoms with E-state index in [1.54, 1.807) is 31.0 Å². The number of pyridine rings is 1. The fourth-order valence-electron chi connectivity index (χ4n) is 1.86. The Balaban J connectivity index is 1.60. The Morgan fingerprint density at radius 2 is 1.83 bits per heavy atom. The van der Waals surface area contributed by atoms with Gasteiger partial charge in [0.25, 0.3) is 0 Å². The fraction of sp³-hybridized carbons (Fsp3) is 0.133. The van der Waals surface area contributed by atoms with Gasteiger partial charge in [-0.25, -0.2) is 4.98 Å². The van der Waals surface area contributed by atoms with E-state index in [2.05, 4.69) is 20.5 Å². The molecule has 5 nitrogen and oxygen atoms in total. The molecule has 2 heterocycles. The maximum atomic E-state index is 5.90. The molecule has 0 aliphatic heterocycles. The smallest absolute Gasteiger partial charge is 0.210 e. The first-order valence-electron chi connectivity index (χ1n) is 6.82. The van der Waals surface area contributed by atoms with Gasteiger partial charge in [-0.05, 0) is 42.0 Å². The van der Waals surface area contributed by atoms with Crippen molar-refractivity contribution in [3.63, 3.8) is 0 Å². The molecule has 3 rings (SSSR count). The summed E-state index contributed by atoms with van der Waals surface area (Å²) in [6.45, 7) is 0. The number of hydrogen-bond acceptors (Lipinski definition) is 7. The number of thioether (sulfide) groups is 1. The number of rotatable bonds is 6. The quantitative estimate of drug-likeness (QED) is 0.449. The molecule has 24 heavy (non-hydrogen) atoms. The van der Waals surface area contributed by atoms with Crippen molar-refractivity contribution >= 4 is 57.1 Å². The highest BCUT2D eigenvalue weighted by Gasteiger charge is 2.07. The number of nitrogens with one attached hydrogen (secondary N) is 1. The minimum atomic E-state index is 0.386. The van der Waals surface area contributed by atoms with Crippen LogP contribution in [0.5, 0.6) is 5.75 Å². The zero-order chi connectivity index (χ0) is 16.9. The van der Waals surface area contributed by atoms with Crippen molar-refractivity contribution < 1.29 is 4.74 Å². The highest BCUT2D eigenvalue weighted by molar-refractivity contribution is 8.00. The van der Waals surface area contributed by atoms with Crippen LogP contribution in [0.2, 0.25) is 10.3 Å². The summed E-state index contributed by atoms with van der Waals surface area (Å²) in [5.41, 5.74) is 1.92. The van der Waals surface area contributed by atoms with E-state index in [0.29, 0.717) is 16.1 Å². The minimum absolute atomic E-state index is 0.386. The van der Waals surface area contributed by atoms with Crippen LogP contribution in [0.25, 0.3) is 0 Å². The molecule has 0 saturated carbocycles. The van der Waals surface area contributed by atoms with E-state index in [1.807, 2.05) is 24.3 Å². The lowest BCUT2D eigenvalue weighted by Crippen LogP contribution is -1.89. The Bertz CT molecular complexity index is 806. The average Bonchev–Trinajstić information content (AvgIpc) is 3.00. The van der Waals surface area contributed by atoms with Crippen LogP contribution in [0.15, 0.2) is 40.7 Å². The maximum absolute atomic E-state index is 5.90. The van der Waals surface area contributed by atoms with Crippen LogP contribution in [-0.4, -0.2) is 22.3 Å². The first-order valence-corrected chi connectivity index (χ1v) is 9.37. The Kier molecular flexibility index (Phi) is 5.78. The predicted octanol–water partition coefficient (Wildman–Crippen LogP) is 5.28. The summed E-state index contributed by atoms with van der Waals surface area (Å²) >= 11 is 14.8. The summed E-state index contributed by atoms with van der Waals surface area (Å²) in [5, 5.41) is 13.0. The van der Waals surface area contributed by atoms with E-state index < -0.39 is 0 Å². The first-order chi connectivity index (χ1) is 11.6. The summed E-state index contributed by atoms with van der Waals surface area (Å²) < 4.78 is 5.99. The third kappa shape index (κ3) is 4.73. The van der Waals surface area contributed by atoms with Crippen molar-refractivity contribution in [1.29, 1.82) is 0 Å². The highest BCUT2D eigenvalue weighted by atomic mass is 35.5. The summed E-state index contributed by atoms with van der Waals surface area (Å²) in [4.78, 5) is 3.93. The lowest BCUT2D eigenvalue weighted by atomic mass is 10.3. The molecule has 124 valence electrons. The van der Waals surface area contributed by atoms with Gasteiger partial charge < -0.3 is 10.1 Å². The van der Waals surface area contributed by atoms with Gasteiger partial charge >= 0.3 is 0 Å². The van der Waals surface area contributed by atoms with E-state index in [0.717, 1.165) is 26.5 Å². The highest BCUT2D eigenvalue weighted by Crippen LogP contribution is 2.31. The van der Waals surface area contributed by atoms with Gasteiger partial charge in [0.15, 0.2) is 4.34 Å². The van der Waals surface area contributed by atoms with Gasteiger partial charge in [0, 0.05) is 11.4 Å². The number of nitrogens with zero attached hydrogens (tertiary/aromatic N) is 3. The van der Waals surface area contributed by atoms with Crippen LogP contribution in [0, 0.1) is 0 Å². The molecule has 0 saturated heterocycles. The Morgan fingerprint density at radius 1 is 1.12 bits per heavy atom. The molecule has 0 spiro atoms. The fourth-order valence-corrected chi connectivity index (χ4v) is 4.07. The third-order valence-corrected chi connectivity index (χ3v) is 5.36. The van der Waals surface area contributed by atoms with Crippen LogP contribution in [-0.2, 0) is 5.75 Å². The lowest BCUT2D eigenvalue weighted by Gasteiger charge is -2.03. The second kappa shape index (κ2) is 8.02. The van der Waals surface area contributed by atoms with Gasteiger partial charge in [-0.3, -0.25) is 0 Å². The molecule has 0 atom stereocenters. The predicted molar refractivity (Wildman–Crippen MR) is 100 cm³/mol. The van der Waals surface area contributed by atoms with E-state index in [4.69, 9.17) is 27.9 Å². The molecule has 1 aromatic carbocycles. The number of aromatic nitrogens is 3. The van der Waals surface area contributed by atoms with Crippen LogP contribution >= 0.6 is 46.3 Å². The molecule has 0 aliphatic carbocycles. The molecule has 0 amide bonds. The van der Waals surface area contributed by atoms with Gasteiger partial charge in [0.05, 0.1) is 7.11 Å². The van der Waals surface area contributed by atoms with Crippen LogP contribution in [0.3, 0.4) is 0 Å². The van der Waals surface area contributed by atoms with Crippen molar-refractivity contribution in [3.8, 4) is 5.75 Å². The van der Waals surface area contributed by atoms with Crippen LogP contribution in [0.1, 0.15) is 5.56 Å². The number of halogens is 2. The molecule has 3 aromatic rings. The topological polar surface area (TPSA) is 59.9 Å². The largest absolute Gasteiger partial charge is 0.497 e. The maximum Gasteiger partial charge on any atom is 0.210 e. The molecule has 0 fully saturated rings. The Morgan fingerprint density at radius 3 is 2.50 bits per heavy atom. The van der Waals surface area contributed by atoms with Crippen molar-refractivity contribution in [2.24, 2.45) is 0 Å². The Hall–Kier alpha value is -1.54. The second-order valence-electron chi connectivity index (χ2n) is 4.64. The SMILES string of the molecule is COc1ccc(Nc2nnc(SCc3cc(Cl)nc(Cl)c3)s2)cc1. The lowest BCUT2D eigenvalue weighted by molar-refractivity contribution is 0.415.